The van der Waals surface area contributed by atoms with E-state index in [1.165, 1.54) is 44.9 Å². The number of aliphatic hydroxyl groups excluding tert-OH is 1. The topological polar surface area (TPSA) is 133 Å². The number of ether oxygens (including phenoxy) is 1. The summed E-state index contributed by atoms with van der Waals surface area (Å²) < 4.78 is 5.43. The fraction of sp³-hybridized carbons (Fsp3) is 0.973. The zero-order valence-corrected chi connectivity index (χ0v) is 30.2. The van der Waals surface area contributed by atoms with Crippen molar-refractivity contribution in [3.05, 3.63) is 0 Å². The molecule has 0 aromatic carbocycles. The highest BCUT2D eigenvalue weighted by Crippen LogP contribution is 2.68. The van der Waals surface area contributed by atoms with Crippen LogP contribution in [0.25, 0.3) is 0 Å². The zero-order valence-electron chi connectivity index (χ0n) is 30.2. The van der Waals surface area contributed by atoms with Crippen molar-refractivity contribution < 1.29 is 14.6 Å². The Morgan fingerprint density at radius 2 is 1.39 bits per heavy atom. The molecule has 0 saturated heterocycles. The summed E-state index contributed by atoms with van der Waals surface area (Å²) in [5.41, 5.74) is 6.12. The van der Waals surface area contributed by atoms with Gasteiger partial charge in [0.1, 0.15) is 0 Å². The van der Waals surface area contributed by atoms with Crippen LogP contribution in [0, 0.1) is 46.3 Å². The van der Waals surface area contributed by atoms with Crippen LogP contribution in [0.3, 0.4) is 0 Å². The zero-order chi connectivity index (χ0) is 33.2. The van der Waals surface area contributed by atoms with E-state index in [-0.39, 0.29) is 23.6 Å². The summed E-state index contributed by atoms with van der Waals surface area (Å²) in [7, 11) is 0. The molecule has 10 atom stereocenters. The highest BCUT2D eigenvalue weighted by molar-refractivity contribution is 5.69. The summed E-state index contributed by atoms with van der Waals surface area (Å²) in [5.74, 6) is 3.43. The summed E-state index contributed by atoms with van der Waals surface area (Å²) in [5, 5.41) is 29.5. The van der Waals surface area contributed by atoms with Crippen LogP contribution in [0.15, 0.2) is 0 Å². The molecule has 0 aromatic heterocycles. The first-order chi connectivity index (χ1) is 22.1. The SMILES string of the molecule is CC(C)OC(=O)CC[C@@H](C)[C@H]1CCC2C3C(CC[C@@]21C)[C@@]1(C)CC[C@H](NCCNCCNCCNCCNCCN)CC1C[C@@H]3O. The molecule has 4 unspecified atom stereocenters. The van der Waals surface area contributed by atoms with E-state index in [0.29, 0.717) is 59.9 Å². The average molecular weight is 649 g/mol. The van der Waals surface area contributed by atoms with E-state index in [0.717, 1.165) is 71.7 Å². The molecule has 268 valence electrons. The number of hydrogen-bond acceptors (Lipinski definition) is 9. The molecule has 4 fully saturated rings. The molecule has 4 aliphatic rings. The van der Waals surface area contributed by atoms with Gasteiger partial charge in [0, 0.05) is 77.9 Å². The molecule has 46 heavy (non-hydrogen) atoms. The maximum absolute atomic E-state index is 12.3. The van der Waals surface area contributed by atoms with Crippen molar-refractivity contribution in [1.82, 2.24) is 26.6 Å². The Bertz CT molecular complexity index is 908. The first kappa shape index (κ1) is 38.0. The molecule has 0 spiro atoms. The smallest absolute Gasteiger partial charge is 0.306 e. The largest absolute Gasteiger partial charge is 0.463 e. The van der Waals surface area contributed by atoms with Gasteiger partial charge in [-0.2, -0.15) is 0 Å². The van der Waals surface area contributed by atoms with Crippen molar-refractivity contribution in [2.45, 2.75) is 117 Å². The van der Waals surface area contributed by atoms with Gasteiger partial charge in [-0.25, -0.2) is 0 Å². The maximum atomic E-state index is 12.3. The lowest BCUT2D eigenvalue weighted by Gasteiger charge is -2.62. The van der Waals surface area contributed by atoms with E-state index < -0.39 is 0 Å². The van der Waals surface area contributed by atoms with Gasteiger partial charge in [-0.1, -0.05) is 20.8 Å². The van der Waals surface area contributed by atoms with Crippen molar-refractivity contribution in [3.63, 3.8) is 0 Å². The van der Waals surface area contributed by atoms with Crippen molar-refractivity contribution in [3.8, 4) is 0 Å². The molecule has 0 amide bonds. The first-order valence-corrected chi connectivity index (χ1v) is 19.2. The molecular formula is C37H72N6O3. The lowest BCUT2D eigenvalue weighted by molar-refractivity contribution is -0.167. The highest BCUT2D eigenvalue weighted by atomic mass is 16.5. The second-order valence-electron chi connectivity index (χ2n) is 16.3. The average Bonchev–Trinajstić information content (AvgIpc) is 3.37. The van der Waals surface area contributed by atoms with Gasteiger partial charge in [-0.05, 0) is 118 Å². The van der Waals surface area contributed by atoms with Gasteiger partial charge in [0.05, 0.1) is 12.2 Å². The minimum absolute atomic E-state index is 0.0382. The van der Waals surface area contributed by atoms with Gasteiger partial charge in [-0.15, -0.1) is 0 Å². The summed E-state index contributed by atoms with van der Waals surface area (Å²) >= 11 is 0. The lowest BCUT2D eigenvalue weighted by Crippen LogP contribution is -2.59. The van der Waals surface area contributed by atoms with Crippen LogP contribution < -0.4 is 32.3 Å². The minimum Gasteiger partial charge on any atom is -0.463 e. The molecule has 9 heteroatoms. The number of nitrogens with one attached hydrogen (secondary N) is 5. The summed E-state index contributed by atoms with van der Waals surface area (Å²) in [6.45, 7) is 20.9. The van der Waals surface area contributed by atoms with Crippen LogP contribution in [0.1, 0.15) is 98.8 Å². The number of aliphatic hydroxyl groups is 1. The number of esters is 1. The molecule has 4 rings (SSSR count). The number of carbonyl (C=O) groups is 1. The Hall–Kier alpha value is -0.810. The van der Waals surface area contributed by atoms with Crippen molar-refractivity contribution >= 4 is 5.97 Å². The maximum Gasteiger partial charge on any atom is 0.306 e. The molecular weight excluding hydrogens is 576 g/mol. The second-order valence-corrected chi connectivity index (χ2v) is 16.3. The Labute approximate surface area is 281 Å². The van der Waals surface area contributed by atoms with Crippen LogP contribution >= 0.6 is 0 Å². The summed E-state index contributed by atoms with van der Waals surface area (Å²) in [6, 6.07) is 0.570. The van der Waals surface area contributed by atoms with Gasteiger partial charge in [0.15, 0.2) is 0 Å². The van der Waals surface area contributed by atoms with E-state index in [1.54, 1.807) is 0 Å². The van der Waals surface area contributed by atoms with Gasteiger partial charge >= 0.3 is 5.97 Å². The Kier molecular flexibility index (Phi) is 15.1. The predicted octanol–water partition coefficient (Wildman–Crippen LogP) is 3.26. The van der Waals surface area contributed by atoms with Gasteiger partial charge in [0.25, 0.3) is 0 Å². The van der Waals surface area contributed by atoms with Gasteiger partial charge in [-0.3, -0.25) is 4.79 Å². The fourth-order valence-electron chi connectivity index (χ4n) is 10.7. The fourth-order valence-corrected chi connectivity index (χ4v) is 10.7. The number of fused-ring (bicyclic) bond motifs is 5. The molecule has 0 radical (unpaired) electrons. The third kappa shape index (κ3) is 9.66. The quantitative estimate of drug-likeness (QED) is 0.0785. The minimum atomic E-state index is -0.168. The number of rotatable bonds is 20. The van der Waals surface area contributed by atoms with E-state index in [9.17, 15) is 9.90 Å². The van der Waals surface area contributed by atoms with Crippen LogP contribution in [-0.4, -0.2) is 94.8 Å². The first-order valence-electron chi connectivity index (χ1n) is 19.2. The normalized spacial score (nSPS) is 36.2. The Morgan fingerprint density at radius 1 is 0.804 bits per heavy atom. The van der Waals surface area contributed by atoms with Gasteiger partial charge < -0.3 is 42.2 Å². The number of hydrogen-bond donors (Lipinski definition) is 7. The molecule has 0 aliphatic heterocycles. The molecule has 0 heterocycles. The molecule has 4 saturated carbocycles. The highest BCUT2D eigenvalue weighted by Gasteiger charge is 2.62. The standard InChI is InChI=1S/C37H72N6O3/c1-26(2)46-34(45)9-6-27(3)30-7-8-31-35-32(11-13-37(30,31)5)36(4)12-10-29(24-28(36)25-33(35)44)43-23-22-42-21-20-41-19-18-40-17-16-39-15-14-38/h26-33,35,39-44H,6-25,38H2,1-5H3/t27-,28?,29+,30-,31?,32?,33+,35?,36+,37-/m1/s1. The molecule has 4 aliphatic carbocycles. The van der Waals surface area contributed by atoms with Crippen LogP contribution in [0.2, 0.25) is 0 Å². The summed E-state index contributed by atoms with van der Waals surface area (Å²) in [6.07, 6.45) is 11.0. The third-order valence-corrected chi connectivity index (χ3v) is 13.1. The van der Waals surface area contributed by atoms with Crippen molar-refractivity contribution in [2.75, 3.05) is 65.4 Å². The number of nitrogens with two attached hydrogens (primary N) is 1. The third-order valence-electron chi connectivity index (χ3n) is 13.1. The van der Waals surface area contributed by atoms with E-state index in [4.69, 9.17) is 10.5 Å². The second kappa shape index (κ2) is 18.3. The molecule has 0 bridgehead atoms. The van der Waals surface area contributed by atoms with Crippen LogP contribution in [-0.2, 0) is 9.53 Å². The molecule has 0 aromatic rings. The van der Waals surface area contributed by atoms with E-state index >= 15 is 0 Å². The molecule has 8 N–H and O–H groups in total. The lowest BCUT2D eigenvalue weighted by atomic mass is 9.43. The molecule has 9 nitrogen and oxygen atoms in total. The predicted molar refractivity (Wildman–Crippen MR) is 189 cm³/mol. The van der Waals surface area contributed by atoms with Gasteiger partial charge in [0.2, 0.25) is 0 Å². The van der Waals surface area contributed by atoms with Crippen molar-refractivity contribution in [1.29, 1.82) is 0 Å². The van der Waals surface area contributed by atoms with Crippen LogP contribution in [0.5, 0.6) is 0 Å². The Balaban J connectivity index is 1.16. The number of carbonyl (C=O) groups excluding carboxylic acids is 1. The summed E-state index contributed by atoms with van der Waals surface area (Å²) in [4.78, 5) is 12.3. The van der Waals surface area contributed by atoms with Crippen molar-refractivity contribution in [2.24, 2.45) is 52.1 Å². The Morgan fingerprint density at radius 3 is 2.02 bits per heavy atom. The van der Waals surface area contributed by atoms with Crippen LogP contribution in [0.4, 0.5) is 0 Å². The monoisotopic (exact) mass is 649 g/mol. The van der Waals surface area contributed by atoms with E-state index in [1.807, 2.05) is 13.8 Å². The van der Waals surface area contributed by atoms with E-state index in [2.05, 4.69) is 47.4 Å².